The van der Waals surface area contributed by atoms with Crippen LogP contribution < -0.4 is 4.90 Å². The van der Waals surface area contributed by atoms with Crippen molar-refractivity contribution in [3.8, 4) is 0 Å². The first-order valence-electron chi connectivity index (χ1n) is 8.47. The Hall–Kier alpha value is -1.99. The molecule has 2 aliphatic heterocycles. The Balaban J connectivity index is 1.75. The summed E-state index contributed by atoms with van der Waals surface area (Å²) in [5, 5.41) is 20.9. The van der Waals surface area contributed by atoms with Gasteiger partial charge in [-0.3, -0.25) is 19.8 Å². The van der Waals surface area contributed by atoms with Crippen LogP contribution in [0.5, 0.6) is 0 Å². The molecule has 7 nitrogen and oxygen atoms in total. The van der Waals surface area contributed by atoms with Gasteiger partial charge in [0.2, 0.25) is 5.91 Å². The quantitative estimate of drug-likeness (QED) is 0.670. The van der Waals surface area contributed by atoms with Crippen molar-refractivity contribution in [2.24, 2.45) is 0 Å². The molecule has 0 aliphatic carbocycles. The first-order valence-corrected chi connectivity index (χ1v) is 8.47. The minimum Gasteiger partial charge on any atom is -0.392 e. The second-order valence-corrected chi connectivity index (χ2v) is 6.64. The van der Waals surface area contributed by atoms with Crippen LogP contribution in [-0.2, 0) is 11.2 Å². The number of carbonyl (C=O) groups is 1. The summed E-state index contributed by atoms with van der Waals surface area (Å²) >= 11 is 0. The second-order valence-electron chi connectivity index (χ2n) is 6.64. The third kappa shape index (κ3) is 3.27. The van der Waals surface area contributed by atoms with E-state index in [4.69, 9.17) is 0 Å². The molecule has 1 N–H and O–H groups in total. The molecule has 24 heavy (non-hydrogen) atoms. The summed E-state index contributed by atoms with van der Waals surface area (Å²) in [5.74, 6) is -0.0539. The molecule has 1 saturated heterocycles. The molecule has 2 atom stereocenters. The minimum absolute atomic E-state index is 0.00767. The number of hydrogen-bond acceptors (Lipinski definition) is 5. The summed E-state index contributed by atoms with van der Waals surface area (Å²) in [6, 6.07) is 4.72. The third-order valence-corrected chi connectivity index (χ3v) is 5.04. The van der Waals surface area contributed by atoms with Crippen molar-refractivity contribution in [3.63, 3.8) is 0 Å². The van der Waals surface area contributed by atoms with E-state index in [2.05, 4.69) is 0 Å². The molecule has 0 spiro atoms. The highest BCUT2D eigenvalue weighted by atomic mass is 16.6. The molecule has 1 amide bonds. The van der Waals surface area contributed by atoms with E-state index in [1.807, 2.05) is 4.90 Å². The van der Waals surface area contributed by atoms with Crippen molar-refractivity contribution in [3.05, 3.63) is 33.9 Å². The zero-order chi connectivity index (χ0) is 17.3. The average Bonchev–Trinajstić information content (AvgIpc) is 2.98. The van der Waals surface area contributed by atoms with Crippen molar-refractivity contribution in [1.82, 2.24) is 4.90 Å². The Kier molecular flexibility index (Phi) is 4.82. The van der Waals surface area contributed by atoms with Crippen molar-refractivity contribution >= 4 is 17.3 Å². The summed E-state index contributed by atoms with van der Waals surface area (Å²) in [6.07, 6.45) is 3.24. The maximum atomic E-state index is 12.8. The summed E-state index contributed by atoms with van der Waals surface area (Å²) < 4.78 is 0. The molecule has 0 saturated carbocycles. The lowest BCUT2D eigenvalue weighted by Crippen LogP contribution is -2.50. The number of aliphatic hydroxyl groups is 1. The molecular formula is C17H23N3O4. The lowest BCUT2D eigenvalue weighted by atomic mass is 9.98. The Labute approximate surface area is 141 Å². The molecule has 130 valence electrons. The molecule has 7 heteroatoms. The second kappa shape index (κ2) is 6.86. The first-order chi connectivity index (χ1) is 11.5. The number of non-ortho nitro benzene ring substituents is 1. The fourth-order valence-corrected chi connectivity index (χ4v) is 3.76. The number of carbonyl (C=O) groups excluding carboxylic acids is 1. The van der Waals surface area contributed by atoms with Crippen LogP contribution >= 0.6 is 0 Å². The SMILES string of the molecule is CC(O)C1CCCCN1CC(=O)N1CCc2ccc([N+](=O)[O-])cc21. The number of nitro groups is 1. The van der Waals surface area contributed by atoms with Gasteiger partial charge >= 0.3 is 0 Å². The van der Waals surface area contributed by atoms with Gasteiger partial charge in [0.15, 0.2) is 0 Å². The number of fused-ring (bicyclic) bond motifs is 1. The summed E-state index contributed by atoms with van der Waals surface area (Å²) in [7, 11) is 0. The molecule has 1 fully saturated rings. The Bertz CT molecular complexity index is 647. The molecule has 2 heterocycles. The maximum absolute atomic E-state index is 12.8. The van der Waals surface area contributed by atoms with Crippen LogP contribution in [0.25, 0.3) is 0 Å². The van der Waals surface area contributed by atoms with E-state index in [0.29, 0.717) is 12.2 Å². The Morgan fingerprint density at radius 3 is 2.92 bits per heavy atom. The van der Waals surface area contributed by atoms with Gasteiger partial charge in [-0.05, 0) is 38.3 Å². The molecule has 1 aromatic rings. The van der Waals surface area contributed by atoms with Gasteiger partial charge in [0.05, 0.1) is 23.3 Å². The standard InChI is InChI=1S/C17H23N3O4/c1-12(21)15-4-2-3-8-18(15)11-17(22)19-9-7-13-5-6-14(20(23)24)10-16(13)19/h5-6,10,12,15,21H,2-4,7-9,11H2,1H3. The normalized spacial score (nSPS) is 22.2. The highest BCUT2D eigenvalue weighted by molar-refractivity contribution is 5.97. The monoisotopic (exact) mass is 333 g/mol. The number of aliphatic hydroxyl groups excluding tert-OH is 1. The van der Waals surface area contributed by atoms with E-state index in [0.717, 1.165) is 37.8 Å². The third-order valence-electron chi connectivity index (χ3n) is 5.04. The molecule has 2 unspecified atom stereocenters. The number of benzene rings is 1. The summed E-state index contributed by atoms with van der Waals surface area (Å²) in [6.45, 7) is 3.37. The van der Waals surface area contributed by atoms with Crippen LogP contribution in [0.2, 0.25) is 0 Å². The fourth-order valence-electron chi connectivity index (χ4n) is 3.76. The van der Waals surface area contributed by atoms with E-state index in [1.54, 1.807) is 17.9 Å². The molecule has 3 rings (SSSR count). The van der Waals surface area contributed by atoms with Crippen molar-refractivity contribution in [2.45, 2.75) is 44.8 Å². The fraction of sp³-hybridized carbons (Fsp3) is 0.588. The number of hydrogen-bond donors (Lipinski definition) is 1. The lowest BCUT2D eigenvalue weighted by Gasteiger charge is -2.37. The van der Waals surface area contributed by atoms with E-state index in [1.165, 1.54) is 12.1 Å². The number of nitro benzene ring substituents is 1. The lowest BCUT2D eigenvalue weighted by molar-refractivity contribution is -0.384. The van der Waals surface area contributed by atoms with Gasteiger partial charge in [-0.1, -0.05) is 12.5 Å². The highest BCUT2D eigenvalue weighted by Crippen LogP contribution is 2.32. The predicted molar refractivity (Wildman–Crippen MR) is 90.0 cm³/mol. The van der Waals surface area contributed by atoms with Gasteiger partial charge in [-0.2, -0.15) is 0 Å². The molecule has 1 aromatic carbocycles. The maximum Gasteiger partial charge on any atom is 0.271 e. The average molecular weight is 333 g/mol. The van der Waals surface area contributed by atoms with Crippen molar-refractivity contribution in [2.75, 3.05) is 24.5 Å². The van der Waals surface area contributed by atoms with E-state index in [-0.39, 0.29) is 24.2 Å². The van der Waals surface area contributed by atoms with Crippen LogP contribution in [-0.4, -0.2) is 52.6 Å². The van der Waals surface area contributed by atoms with Crippen molar-refractivity contribution in [1.29, 1.82) is 0 Å². The Morgan fingerprint density at radius 2 is 2.21 bits per heavy atom. The van der Waals surface area contributed by atoms with Crippen LogP contribution in [0, 0.1) is 10.1 Å². The van der Waals surface area contributed by atoms with Crippen LogP contribution in [0.1, 0.15) is 31.7 Å². The summed E-state index contributed by atoms with van der Waals surface area (Å²) in [4.78, 5) is 27.0. The van der Waals surface area contributed by atoms with Gasteiger partial charge < -0.3 is 10.0 Å². The number of nitrogens with zero attached hydrogens (tertiary/aromatic N) is 3. The highest BCUT2D eigenvalue weighted by Gasteiger charge is 2.32. The van der Waals surface area contributed by atoms with Gasteiger partial charge in [0, 0.05) is 24.7 Å². The topological polar surface area (TPSA) is 86.9 Å². The molecule has 0 bridgehead atoms. The van der Waals surface area contributed by atoms with Gasteiger partial charge in [-0.25, -0.2) is 0 Å². The zero-order valence-electron chi connectivity index (χ0n) is 13.9. The first kappa shape index (κ1) is 16.9. The van der Waals surface area contributed by atoms with E-state index in [9.17, 15) is 20.0 Å². The number of anilines is 1. The van der Waals surface area contributed by atoms with E-state index >= 15 is 0 Å². The van der Waals surface area contributed by atoms with Crippen LogP contribution in [0.3, 0.4) is 0 Å². The van der Waals surface area contributed by atoms with E-state index < -0.39 is 11.0 Å². The smallest absolute Gasteiger partial charge is 0.271 e. The minimum atomic E-state index is -0.468. The van der Waals surface area contributed by atoms with Crippen LogP contribution in [0.15, 0.2) is 18.2 Å². The largest absolute Gasteiger partial charge is 0.392 e. The zero-order valence-corrected chi connectivity index (χ0v) is 13.9. The number of likely N-dealkylation sites (tertiary alicyclic amines) is 1. The molecule has 0 radical (unpaired) electrons. The van der Waals surface area contributed by atoms with Crippen molar-refractivity contribution < 1.29 is 14.8 Å². The molecule has 0 aromatic heterocycles. The predicted octanol–water partition coefficient (Wildman–Crippen LogP) is 1.72. The van der Waals surface area contributed by atoms with Gasteiger partial charge in [-0.15, -0.1) is 0 Å². The van der Waals surface area contributed by atoms with Crippen LogP contribution in [0.4, 0.5) is 11.4 Å². The number of piperidine rings is 1. The molecule has 2 aliphatic rings. The summed E-state index contributed by atoms with van der Waals surface area (Å²) in [5.41, 5.74) is 1.63. The van der Waals surface area contributed by atoms with Gasteiger partial charge in [0.25, 0.3) is 5.69 Å². The number of amides is 1. The number of rotatable bonds is 4. The van der Waals surface area contributed by atoms with Gasteiger partial charge in [0.1, 0.15) is 0 Å². The molecular weight excluding hydrogens is 310 g/mol. The Morgan fingerprint density at radius 1 is 1.42 bits per heavy atom.